The number of nitrogens with two attached hydrogens (primary N) is 1. The van der Waals surface area contributed by atoms with Crippen LogP contribution in [0.2, 0.25) is 0 Å². The van der Waals surface area contributed by atoms with E-state index in [1.807, 2.05) is 6.92 Å². The molecule has 80 valence electrons. The van der Waals surface area contributed by atoms with E-state index in [0.717, 1.165) is 5.56 Å². The fourth-order valence-corrected chi connectivity index (χ4v) is 1.17. The van der Waals surface area contributed by atoms with Gasteiger partial charge in [0.15, 0.2) is 5.76 Å². The van der Waals surface area contributed by atoms with E-state index in [-0.39, 0.29) is 12.4 Å². The number of aliphatic hydroxyl groups is 1. The van der Waals surface area contributed by atoms with Crippen LogP contribution in [0.15, 0.2) is 21.3 Å². The molecular weight excluding hydrogens is 198 g/mol. The number of hydrogen-bond acceptors (Lipinski definition) is 6. The minimum absolute atomic E-state index is 0.0404. The summed E-state index contributed by atoms with van der Waals surface area (Å²) in [5, 5.41) is 13.1. The lowest BCUT2D eigenvalue weighted by atomic mass is 10.3. The third-order valence-corrected chi connectivity index (χ3v) is 2.02. The zero-order valence-electron chi connectivity index (χ0n) is 8.17. The van der Waals surface area contributed by atoms with Gasteiger partial charge in [-0.05, 0) is 18.6 Å². The molecule has 0 unspecified atom stereocenters. The van der Waals surface area contributed by atoms with Crippen molar-refractivity contribution in [3.63, 3.8) is 0 Å². The van der Waals surface area contributed by atoms with Gasteiger partial charge in [0.2, 0.25) is 5.82 Å². The maximum atomic E-state index is 9.36. The van der Waals surface area contributed by atoms with Gasteiger partial charge in [0.25, 0.3) is 5.89 Å². The van der Waals surface area contributed by atoms with E-state index in [4.69, 9.17) is 14.7 Å². The molecule has 6 nitrogen and oxygen atoms in total. The molecule has 2 rings (SSSR count). The minimum atomic E-state index is -0.929. The van der Waals surface area contributed by atoms with Gasteiger partial charge in [-0.2, -0.15) is 4.98 Å². The molecule has 0 radical (unpaired) electrons. The third-order valence-electron chi connectivity index (χ3n) is 2.02. The van der Waals surface area contributed by atoms with Crippen LogP contribution >= 0.6 is 0 Å². The Kier molecular flexibility index (Phi) is 2.53. The molecule has 6 heteroatoms. The highest BCUT2D eigenvalue weighted by molar-refractivity contribution is 5.50. The molecule has 2 aromatic heterocycles. The van der Waals surface area contributed by atoms with Crippen molar-refractivity contribution in [2.75, 3.05) is 6.54 Å². The molecule has 0 aliphatic heterocycles. The highest BCUT2D eigenvalue weighted by Crippen LogP contribution is 2.22. The molecule has 0 aliphatic rings. The second-order valence-corrected chi connectivity index (χ2v) is 3.14. The molecule has 0 bridgehead atoms. The lowest BCUT2D eigenvalue weighted by Gasteiger charge is -1.97. The van der Waals surface area contributed by atoms with Crippen LogP contribution in [0.25, 0.3) is 11.6 Å². The SMILES string of the molecule is Cc1ccoc1-c1noc([C@@H](O)CN)n1. The normalized spacial score (nSPS) is 13.0. The summed E-state index contributed by atoms with van der Waals surface area (Å²) >= 11 is 0. The molecule has 0 aromatic carbocycles. The Morgan fingerprint density at radius 1 is 1.60 bits per heavy atom. The monoisotopic (exact) mass is 209 g/mol. The second kappa shape index (κ2) is 3.84. The van der Waals surface area contributed by atoms with Crippen molar-refractivity contribution < 1.29 is 14.0 Å². The van der Waals surface area contributed by atoms with E-state index in [2.05, 4.69) is 10.1 Å². The van der Waals surface area contributed by atoms with Gasteiger partial charge in [-0.15, -0.1) is 0 Å². The van der Waals surface area contributed by atoms with E-state index < -0.39 is 6.10 Å². The van der Waals surface area contributed by atoms with Gasteiger partial charge in [-0.3, -0.25) is 0 Å². The van der Waals surface area contributed by atoms with Gasteiger partial charge >= 0.3 is 0 Å². The van der Waals surface area contributed by atoms with Crippen LogP contribution in [-0.4, -0.2) is 21.8 Å². The standard InChI is InChI=1S/C9H11N3O3/c1-5-2-3-14-7(5)8-11-9(15-12-8)6(13)4-10/h2-3,6,13H,4,10H2,1H3/t6-/m0/s1. The Balaban J connectivity index is 2.32. The first-order valence-electron chi connectivity index (χ1n) is 4.48. The van der Waals surface area contributed by atoms with Crippen molar-refractivity contribution in [1.82, 2.24) is 10.1 Å². The number of nitrogens with zero attached hydrogens (tertiary/aromatic N) is 2. The van der Waals surface area contributed by atoms with Crippen molar-refractivity contribution in [2.45, 2.75) is 13.0 Å². The largest absolute Gasteiger partial charge is 0.461 e. The number of aliphatic hydroxyl groups excluding tert-OH is 1. The van der Waals surface area contributed by atoms with Crippen molar-refractivity contribution in [3.8, 4) is 11.6 Å². The van der Waals surface area contributed by atoms with E-state index in [0.29, 0.717) is 11.6 Å². The van der Waals surface area contributed by atoms with Gasteiger partial charge in [0.05, 0.1) is 6.26 Å². The Bertz CT molecular complexity index is 449. The van der Waals surface area contributed by atoms with Crippen LogP contribution in [0.5, 0.6) is 0 Å². The van der Waals surface area contributed by atoms with Crippen LogP contribution in [0.1, 0.15) is 17.6 Å². The maximum Gasteiger partial charge on any atom is 0.257 e. The lowest BCUT2D eigenvalue weighted by Crippen LogP contribution is -2.11. The van der Waals surface area contributed by atoms with Gasteiger partial charge < -0.3 is 19.8 Å². The summed E-state index contributed by atoms with van der Waals surface area (Å²) in [5.41, 5.74) is 6.17. The molecule has 0 amide bonds. The predicted molar refractivity (Wildman–Crippen MR) is 50.8 cm³/mol. The molecule has 0 fully saturated rings. The van der Waals surface area contributed by atoms with E-state index in [1.54, 1.807) is 12.3 Å². The molecular formula is C9H11N3O3. The molecule has 3 N–H and O–H groups in total. The van der Waals surface area contributed by atoms with Gasteiger partial charge in [0, 0.05) is 6.54 Å². The van der Waals surface area contributed by atoms with Gasteiger partial charge in [-0.1, -0.05) is 5.16 Å². The van der Waals surface area contributed by atoms with Crippen LogP contribution < -0.4 is 5.73 Å². The molecule has 1 atom stereocenters. The highest BCUT2D eigenvalue weighted by atomic mass is 16.5. The highest BCUT2D eigenvalue weighted by Gasteiger charge is 2.17. The molecule has 2 aromatic rings. The molecule has 0 spiro atoms. The zero-order valence-corrected chi connectivity index (χ0v) is 8.17. The minimum Gasteiger partial charge on any atom is -0.461 e. The Morgan fingerprint density at radius 3 is 3.00 bits per heavy atom. The van der Waals surface area contributed by atoms with Gasteiger partial charge in [0.1, 0.15) is 6.10 Å². The first-order chi connectivity index (χ1) is 7.22. The van der Waals surface area contributed by atoms with Crippen molar-refractivity contribution in [1.29, 1.82) is 0 Å². The molecule has 0 saturated heterocycles. The average Bonchev–Trinajstić information content (AvgIpc) is 2.84. The summed E-state index contributed by atoms with van der Waals surface area (Å²) in [7, 11) is 0. The summed E-state index contributed by atoms with van der Waals surface area (Å²) < 4.78 is 10.0. The van der Waals surface area contributed by atoms with E-state index in [9.17, 15) is 5.11 Å². The van der Waals surface area contributed by atoms with Crippen molar-refractivity contribution in [3.05, 3.63) is 23.8 Å². The maximum absolute atomic E-state index is 9.36. The molecule has 0 aliphatic carbocycles. The topological polar surface area (TPSA) is 98.3 Å². The lowest BCUT2D eigenvalue weighted by molar-refractivity contribution is 0.141. The summed E-state index contributed by atoms with van der Waals surface area (Å²) in [4.78, 5) is 3.98. The molecule has 15 heavy (non-hydrogen) atoms. The second-order valence-electron chi connectivity index (χ2n) is 3.14. The van der Waals surface area contributed by atoms with Crippen LogP contribution in [-0.2, 0) is 0 Å². The summed E-state index contributed by atoms with van der Waals surface area (Å²) in [6.07, 6.45) is 0.613. The Labute approximate surface area is 85.7 Å². The number of aromatic nitrogens is 2. The fourth-order valence-electron chi connectivity index (χ4n) is 1.17. The number of aryl methyl sites for hydroxylation is 1. The summed E-state index contributed by atoms with van der Waals surface area (Å²) in [6, 6.07) is 1.80. The van der Waals surface area contributed by atoms with E-state index >= 15 is 0 Å². The van der Waals surface area contributed by atoms with Crippen molar-refractivity contribution in [2.24, 2.45) is 5.73 Å². The summed E-state index contributed by atoms with van der Waals surface area (Å²) in [5.74, 6) is 0.956. The van der Waals surface area contributed by atoms with Crippen LogP contribution in [0, 0.1) is 6.92 Å². The third kappa shape index (κ3) is 1.77. The van der Waals surface area contributed by atoms with Crippen LogP contribution in [0.3, 0.4) is 0 Å². The Hall–Kier alpha value is -1.66. The van der Waals surface area contributed by atoms with Gasteiger partial charge in [-0.25, -0.2) is 0 Å². The summed E-state index contributed by atoms with van der Waals surface area (Å²) in [6.45, 7) is 1.91. The number of rotatable bonds is 3. The predicted octanol–water partition coefficient (Wildman–Crippen LogP) is 0.630. The fraction of sp³-hybridized carbons (Fsp3) is 0.333. The van der Waals surface area contributed by atoms with E-state index in [1.165, 1.54) is 0 Å². The zero-order chi connectivity index (χ0) is 10.8. The number of furan rings is 1. The Morgan fingerprint density at radius 2 is 2.40 bits per heavy atom. The average molecular weight is 209 g/mol. The quantitative estimate of drug-likeness (QED) is 0.769. The van der Waals surface area contributed by atoms with Crippen molar-refractivity contribution >= 4 is 0 Å². The molecule has 0 saturated carbocycles. The van der Waals surface area contributed by atoms with Crippen LogP contribution in [0.4, 0.5) is 0 Å². The first kappa shape index (κ1) is 9.88. The smallest absolute Gasteiger partial charge is 0.257 e. The molecule has 2 heterocycles. The number of hydrogen-bond donors (Lipinski definition) is 2. The first-order valence-corrected chi connectivity index (χ1v) is 4.48.